The highest BCUT2D eigenvalue weighted by Crippen LogP contribution is 2.19. The van der Waals surface area contributed by atoms with Crippen molar-refractivity contribution < 1.29 is 14.3 Å². The summed E-state index contributed by atoms with van der Waals surface area (Å²) < 4.78 is 10.3. The lowest BCUT2D eigenvalue weighted by molar-refractivity contribution is -0.164. The number of rotatable bonds is 3. The van der Waals surface area contributed by atoms with Gasteiger partial charge in [0.2, 0.25) is 0 Å². The van der Waals surface area contributed by atoms with Gasteiger partial charge in [-0.05, 0) is 26.2 Å². The van der Waals surface area contributed by atoms with Crippen LogP contribution >= 0.6 is 0 Å². The number of carbonyl (C=O) groups excluding carboxylic acids is 1. The van der Waals surface area contributed by atoms with Crippen molar-refractivity contribution in [2.75, 3.05) is 13.2 Å². The summed E-state index contributed by atoms with van der Waals surface area (Å²) in [5, 5.41) is 0. The second-order valence-corrected chi connectivity index (χ2v) is 3.17. The molecule has 13 heavy (non-hydrogen) atoms. The summed E-state index contributed by atoms with van der Waals surface area (Å²) in [7, 11) is 0. The number of hydrogen-bond acceptors (Lipinski definition) is 4. The summed E-state index contributed by atoms with van der Waals surface area (Å²) in [5.74, 6) is -0.249. The molecular weight excluding hydrogens is 170 g/mol. The molecule has 1 aliphatic heterocycles. The minimum atomic E-state index is -0.387. The third kappa shape index (κ3) is 2.97. The molecule has 0 aromatic rings. The second-order valence-electron chi connectivity index (χ2n) is 3.17. The number of carbonyl (C=O) groups is 1. The van der Waals surface area contributed by atoms with Gasteiger partial charge < -0.3 is 15.2 Å². The van der Waals surface area contributed by atoms with Crippen LogP contribution in [0.25, 0.3) is 0 Å². The number of esters is 1. The fourth-order valence-electron chi connectivity index (χ4n) is 1.48. The summed E-state index contributed by atoms with van der Waals surface area (Å²) in [6.45, 7) is 2.68. The lowest BCUT2D eigenvalue weighted by atomic mass is 10.0. The zero-order valence-corrected chi connectivity index (χ0v) is 7.99. The van der Waals surface area contributed by atoms with Crippen LogP contribution in [0.4, 0.5) is 0 Å². The van der Waals surface area contributed by atoms with Crippen LogP contribution in [0.3, 0.4) is 0 Å². The number of ether oxygens (including phenoxy) is 2. The van der Waals surface area contributed by atoms with Crippen LogP contribution in [-0.2, 0) is 14.3 Å². The van der Waals surface area contributed by atoms with E-state index in [1.165, 1.54) is 0 Å². The van der Waals surface area contributed by atoms with Gasteiger partial charge in [-0.15, -0.1) is 0 Å². The summed E-state index contributed by atoms with van der Waals surface area (Å²) in [5.41, 5.74) is 5.46. The second kappa shape index (κ2) is 5.19. The molecule has 1 heterocycles. The van der Waals surface area contributed by atoms with Gasteiger partial charge in [-0.2, -0.15) is 0 Å². The molecule has 1 aliphatic rings. The van der Waals surface area contributed by atoms with E-state index in [4.69, 9.17) is 15.2 Å². The van der Waals surface area contributed by atoms with Crippen LogP contribution in [-0.4, -0.2) is 31.3 Å². The van der Waals surface area contributed by atoms with Crippen LogP contribution in [0.5, 0.6) is 0 Å². The van der Waals surface area contributed by atoms with E-state index in [0.29, 0.717) is 13.2 Å². The standard InChI is InChI=1S/C9H17NO3/c1-2-12-9(11)8-5-3-4-7(6-10)13-8/h7-8H,2-6,10H2,1H3/t7-,8-/m0/s1. The molecule has 4 nitrogen and oxygen atoms in total. The lowest BCUT2D eigenvalue weighted by Gasteiger charge is -2.27. The molecule has 4 heteroatoms. The Morgan fingerprint density at radius 2 is 2.38 bits per heavy atom. The fraction of sp³-hybridized carbons (Fsp3) is 0.889. The van der Waals surface area contributed by atoms with Crippen molar-refractivity contribution in [1.82, 2.24) is 0 Å². The van der Waals surface area contributed by atoms with E-state index in [9.17, 15) is 4.79 Å². The van der Waals surface area contributed by atoms with Crippen LogP contribution < -0.4 is 5.73 Å². The van der Waals surface area contributed by atoms with Gasteiger partial charge in [-0.3, -0.25) is 0 Å². The maximum atomic E-state index is 11.3. The van der Waals surface area contributed by atoms with E-state index in [1.54, 1.807) is 6.92 Å². The highest BCUT2D eigenvalue weighted by atomic mass is 16.6. The van der Waals surface area contributed by atoms with Gasteiger partial charge in [0.15, 0.2) is 6.10 Å². The molecule has 0 spiro atoms. The summed E-state index contributed by atoms with van der Waals surface area (Å²) >= 11 is 0. The average Bonchev–Trinajstić information content (AvgIpc) is 2.18. The first-order valence-corrected chi connectivity index (χ1v) is 4.80. The fourth-order valence-corrected chi connectivity index (χ4v) is 1.48. The number of nitrogens with two attached hydrogens (primary N) is 1. The van der Waals surface area contributed by atoms with E-state index >= 15 is 0 Å². The molecule has 1 fully saturated rings. The Morgan fingerprint density at radius 3 is 3.00 bits per heavy atom. The molecule has 0 aromatic carbocycles. The largest absolute Gasteiger partial charge is 0.464 e. The lowest BCUT2D eigenvalue weighted by Crippen LogP contribution is -2.38. The zero-order valence-electron chi connectivity index (χ0n) is 7.99. The smallest absolute Gasteiger partial charge is 0.335 e. The minimum Gasteiger partial charge on any atom is -0.464 e. The van der Waals surface area contributed by atoms with E-state index in [-0.39, 0.29) is 18.2 Å². The Labute approximate surface area is 78.4 Å². The van der Waals surface area contributed by atoms with Crippen molar-refractivity contribution in [2.24, 2.45) is 5.73 Å². The van der Waals surface area contributed by atoms with Gasteiger partial charge in [0.05, 0.1) is 12.7 Å². The minimum absolute atomic E-state index is 0.0307. The van der Waals surface area contributed by atoms with Crippen LogP contribution in [0.15, 0.2) is 0 Å². The molecule has 1 saturated heterocycles. The predicted molar refractivity (Wildman–Crippen MR) is 48.2 cm³/mol. The van der Waals surface area contributed by atoms with Crippen LogP contribution in [0, 0.1) is 0 Å². The average molecular weight is 187 g/mol. The van der Waals surface area contributed by atoms with E-state index < -0.39 is 0 Å². The third-order valence-corrected chi connectivity index (χ3v) is 2.16. The van der Waals surface area contributed by atoms with Gasteiger partial charge in [-0.25, -0.2) is 4.79 Å². The van der Waals surface area contributed by atoms with Crippen molar-refractivity contribution in [3.8, 4) is 0 Å². The first-order chi connectivity index (χ1) is 6.27. The molecule has 0 radical (unpaired) electrons. The van der Waals surface area contributed by atoms with E-state index in [2.05, 4.69) is 0 Å². The Bertz CT molecular complexity index is 172. The Kier molecular flexibility index (Phi) is 4.18. The third-order valence-electron chi connectivity index (χ3n) is 2.16. The zero-order chi connectivity index (χ0) is 9.68. The molecule has 0 aliphatic carbocycles. The van der Waals surface area contributed by atoms with E-state index in [1.807, 2.05) is 0 Å². The van der Waals surface area contributed by atoms with E-state index in [0.717, 1.165) is 19.3 Å². The highest BCUT2D eigenvalue weighted by molar-refractivity contribution is 5.74. The summed E-state index contributed by atoms with van der Waals surface area (Å²) in [4.78, 5) is 11.3. The van der Waals surface area contributed by atoms with Gasteiger partial charge in [0.1, 0.15) is 0 Å². The summed E-state index contributed by atoms with van der Waals surface area (Å²) in [6.07, 6.45) is 2.35. The molecule has 0 amide bonds. The Balaban J connectivity index is 2.37. The molecule has 2 N–H and O–H groups in total. The molecule has 76 valence electrons. The number of hydrogen-bond donors (Lipinski definition) is 1. The Hall–Kier alpha value is -0.610. The van der Waals surface area contributed by atoms with Crippen LogP contribution in [0.1, 0.15) is 26.2 Å². The first-order valence-electron chi connectivity index (χ1n) is 4.80. The van der Waals surface area contributed by atoms with Gasteiger partial charge in [0, 0.05) is 6.54 Å². The molecule has 1 rings (SSSR count). The molecule has 0 aromatic heterocycles. The maximum absolute atomic E-state index is 11.3. The predicted octanol–water partition coefficient (Wildman–Crippen LogP) is 0.446. The molecule has 0 saturated carbocycles. The van der Waals surface area contributed by atoms with Crippen molar-refractivity contribution in [1.29, 1.82) is 0 Å². The van der Waals surface area contributed by atoms with Crippen LogP contribution in [0.2, 0.25) is 0 Å². The molecule has 0 unspecified atom stereocenters. The van der Waals surface area contributed by atoms with Gasteiger partial charge in [-0.1, -0.05) is 0 Å². The van der Waals surface area contributed by atoms with Crippen molar-refractivity contribution in [3.63, 3.8) is 0 Å². The monoisotopic (exact) mass is 187 g/mol. The van der Waals surface area contributed by atoms with Crippen molar-refractivity contribution >= 4 is 5.97 Å². The van der Waals surface area contributed by atoms with Gasteiger partial charge in [0.25, 0.3) is 0 Å². The molecular formula is C9H17NO3. The quantitative estimate of drug-likeness (QED) is 0.651. The van der Waals surface area contributed by atoms with Gasteiger partial charge >= 0.3 is 5.97 Å². The topological polar surface area (TPSA) is 61.5 Å². The molecule has 0 bridgehead atoms. The highest BCUT2D eigenvalue weighted by Gasteiger charge is 2.27. The van der Waals surface area contributed by atoms with Crippen molar-refractivity contribution in [3.05, 3.63) is 0 Å². The summed E-state index contributed by atoms with van der Waals surface area (Å²) in [6, 6.07) is 0. The normalized spacial score (nSPS) is 28.5. The Morgan fingerprint density at radius 1 is 1.62 bits per heavy atom. The molecule has 2 atom stereocenters. The SMILES string of the molecule is CCOC(=O)[C@@H]1CCC[C@@H](CN)O1. The van der Waals surface area contributed by atoms with Crippen molar-refractivity contribution in [2.45, 2.75) is 38.4 Å². The first kappa shape index (κ1) is 10.5. The maximum Gasteiger partial charge on any atom is 0.335 e.